The summed E-state index contributed by atoms with van der Waals surface area (Å²) in [4.78, 5) is 18.0. The molecule has 0 unspecified atom stereocenters. The van der Waals surface area contributed by atoms with Gasteiger partial charge < -0.3 is 0 Å². The lowest BCUT2D eigenvalue weighted by molar-refractivity contribution is 0.557. The Balaban J connectivity index is 0.000000206. The number of isocyanates is 2. The van der Waals surface area contributed by atoms with Gasteiger partial charge in [0.25, 0.3) is 12.2 Å². The highest BCUT2D eigenvalue weighted by Gasteiger charge is 1.88. The van der Waals surface area contributed by atoms with E-state index in [1.807, 2.05) is 13.8 Å². The molecule has 2 aliphatic carbocycles. The van der Waals surface area contributed by atoms with Crippen molar-refractivity contribution in [3.05, 3.63) is 34.7 Å². The molecule has 14 heavy (non-hydrogen) atoms. The minimum absolute atomic E-state index is 1.01. The smallest absolute Gasteiger partial charge is 0.209 e. The molecule has 0 aromatic carbocycles. The van der Waals surface area contributed by atoms with E-state index < -0.39 is 0 Å². The maximum absolute atomic E-state index is 9.00. The Bertz CT molecular complexity index is 389. The van der Waals surface area contributed by atoms with Crippen LogP contribution < -0.4 is 0 Å². The molecule has 0 fully saturated rings. The van der Waals surface area contributed by atoms with Crippen LogP contribution in [0.15, 0.2) is 34.5 Å². The average molecular weight is 190 g/mol. The number of nitrogens with zero attached hydrogens (tertiary/aromatic N) is 2. The first-order chi connectivity index (χ1) is 6.88. The zero-order chi connectivity index (χ0) is 10.8. The van der Waals surface area contributed by atoms with Gasteiger partial charge in [-0.3, -0.25) is 0 Å². The molecule has 0 heterocycles. The minimum atomic E-state index is 1.01. The van der Waals surface area contributed by atoms with E-state index in [4.69, 9.17) is 9.59 Å². The average Bonchev–Trinajstić information content (AvgIpc) is 2.24. The Morgan fingerprint density at radius 2 is 1.14 bits per heavy atom. The molecule has 0 saturated heterocycles. The van der Waals surface area contributed by atoms with Crippen LogP contribution >= 0.6 is 0 Å². The fourth-order valence-electron chi connectivity index (χ4n) is 0.704. The SMILES string of the molecule is CC.O=C=NN=C=O.c1cc2ccc1=2. The predicted octanol–water partition coefficient (Wildman–Crippen LogP) is 1.89. The molecule has 0 aliphatic heterocycles. The van der Waals surface area contributed by atoms with Gasteiger partial charge in [-0.25, -0.2) is 9.59 Å². The predicted molar refractivity (Wildman–Crippen MR) is 51.7 cm³/mol. The summed E-state index contributed by atoms with van der Waals surface area (Å²) in [7, 11) is 0. The minimum Gasteiger partial charge on any atom is -0.209 e. The van der Waals surface area contributed by atoms with E-state index in [-0.39, 0.29) is 0 Å². The van der Waals surface area contributed by atoms with Crippen LogP contribution in [0.1, 0.15) is 13.8 Å². The molecule has 0 amide bonds. The molecule has 4 heteroatoms. The van der Waals surface area contributed by atoms with Gasteiger partial charge in [-0.05, 0) is 10.4 Å². The molecule has 0 atom stereocenters. The van der Waals surface area contributed by atoms with Crippen molar-refractivity contribution >= 4 is 12.2 Å². The summed E-state index contributed by atoms with van der Waals surface area (Å²) in [5, 5.41) is 7.82. The zero-order valence-corrected chi connectivity index (χ0v) is 8.02. The summed E-state index contributed by atoms with van der Waals surface area (Å²) >= 11 is 0. The lowest BCUT2D eigenvalue weighted by Crippen LogP contribution is -1.80. The normalized spacial score (nSPS) is 7.29. The molecule has 0 saturated carbocycles. The maximum Gasteiger partial charge on any atom is 0.261 e. The van der Waals surface area contributed by atoms with Gasteiger partial charge in [0.1, 0.15) is 0 Å². The van der Waals surface area contributed by atoms with E-state index in [0.29, 0.717) is 0 Å². The summed E-state index contributed by atoms with van der Waals surface area (Å²) in [6.45, 7) is 4.00. The first-order valence-electron chi connectivity index (χ1n) is 4.13. The Morgan fingerprint density at radius 1 is 0.857 bits per heavy atom. The van der Waals surface area contributed by atoms with Crippen molar-refractivity contribution < 1.29 is 9.59 Å². The summed E-state index contributed by atoms with van der Waals surface area (Å²) in [5.74, 6) is 0. The van der Waals surface area contributed by atoms with Crippen molar-refractivity contribution in [3.63, 3.8) is 0 Å². The first kappa shape index (κ1) is 12.0. The molecular formula is C10H10N2O2. The van der Waals surface area contributed by atoms with E-state index in [1.165, 1.54) is 10.4 Å². The number of carbonyl (C=O) groups excluding carboxylic acids is 2. The summed E-state index contributed by atoms with van der Waals surface area (Å²) in [5.41, 5.74) is 0. The quantitative estimate of drug-likeness (QED) is 0.391. The van der Waals surface area contributed by atoms with E-state index in [0.717, 1.165) is 12.2 Å². The van der Waals surface area contributed by atoms with Crippen LogP contribution in [0.5, 0.6) is 0 Å². The third-order valence-electron chi connectivity index (χ3n) is 1.35. The fourth-order valence-corrected chi connectivity index (χ4v) is 0.704. The van der Waals surface area contributed by atoms with Crippen LogP contribution in [0, 0.1) is 10.4 Å². The molecule has 2 rings (SSSR count). The summed E-state index contributed by atoms with van der Waals surface area (Å²) in [6, 6.07) is 8.48. The summed E-state index contributed by atoms with van der Waals surface area (Å²) < 4.78 is 0. The third-order valence-corrected chi connectivity index (χ3v) is 1.35. The van der Waals surface area contributed by atoms with E-state index >= 15 is 0 Å². The van der Waals surface area contributed by atoms with Crippen molar-refractivity contribution in [2.24, 2.45) is 10.2 Å². The van der Waals surface area contributed by atoms with Crippen LogP contribution in [-0.4, -0.2) is 12.2 Å². The molecule has 4 nitrogen and oxygen atoms in total. The molecule has 0 N–H and O–H groups in total. The zero-order valence-electron chi connectivity index (χ0n) is 8.02. The second kappa shape index (κ2) is 7.62. The molecule has 72 valence electrons. The number of hydrogen-bond donors (Lipinski definition) is 0. The van der Waals surface area contributed by atoms with Gasteiger partial charge in [-0.2, -0.15) is 0 Å². The molecule has 0 bridgehead atoms. The largest absolute Gasteiger partial charge is 0.261 e. The topological polar surface area (TPSA) is 58.9 Å². The second-order valence-electron chi connectivity index (χ2n) is 1.96. The molecule has 0 spiro atoms. The standard InChI is InChI=1S/C6H4.C2N2O2.C2H6/c1-2-6-4-3-5(1)6;5-1-3-4-2-6;1-2/h1-4H;;1-2H3. The number of benzene rings is 1. The van der Waals surface area contributed by atoms with Crippen LogP contribution in [0.25, 0.3) is 0 Å². The van der Waals surface area contributed by atoms with E-state index in [9.17, 15) is 0 Å². The lowest BCUT2D eigenvalue weighted by atomic mass is 10.1. The van der Waals surface area contributed by atoms with Crippen molar-refractivity contribution in [3.8, 4) is 0 Å². The van der Waals surface area contributed by atoms with Gasteiger partial charge in [-0.1, -0.05) is 48.3 Å². The van der Waals surface area contributed by atoms with Crippen molar-refractivity contribution in [1.82, 2.24) is 0 Å². The van der Waals surface area contributed by atoms with Crippen molar-refractivity contribution in [2.75, 3.05) is 0 Å². The monoisotopic (exact) mass is 190 g/mol. The van der Waals surface area contributed by atoms with Gasteiger partial charge in [0.05, 0.1) is 0 Å². The number of hydrogen-bond acceptors (Lipinski definition) is 4. The van der Waals surface area contributed by atoms with Crippen LogP contribution in [0.2, 0.25) is 0 Å². The van der Waals surface area contributed by atoms with Crippen LogP contribution in [0.4, 0.5) is 0 Å². The fraction of sp³-hybridized carbons (Fsp3) is 0.200. The molecular weight excluding hydrogens is 180 g/mol. The highest BCUT2D eigenvalue weighted by atomic mass is 16.1. The number of rotatable bonds is 1. The highest BCUT2D eigenvalue weighted by Crippen LogP contribution is 2.04. The van der Waals surface area contributed by atoms with Gasteiger partial charge in [-0.15, -0.1) is 0 Å². The maximum atomic E-state index is 9.00. The van der Waals surface area contributed by atoms with Gasteiger partial charge in [0.15, 0.2) is 0 Å². The Morgan fingerprint density at radius 3 is 1.21 bits per heavy atom. The molecule has 0 aromatic heterocycles. The second-order valence-corrected chi connectivity index (χ2v) is 1.96. The molecule has 0 radical (unpaired) electrons. The highest BCUT2D eigenvalue weighted by molar-refractivity contribution is 5.37. The Hall–Kier alpha value is -2.02. The third kappa shape index (κ3) is 3.59. The Labute approximate surface area is 81.3 Å². The lowest BCUT2D eigenvalue weighted by Gasteiger charge is -1.95. The summed E-state index contributed by atoms with van der Waals surface area (Å²) in [6.07, 6.45) is 2.03. The van der Waals surface area contributed by atoms with Crippen molar-refractivity contribution in [2.45, 2.75) is 13.8 Å². The van der Waals surface area contributed by atoms with Crippen LogP contribution in [0.3, 0.4) is 0 Å². The van der Waals surface area contributed by atoms with Gasteiger partial charge in [0.2, 0.25) is 0 Å². The Kier molecular flexibility index (Phi) is 6.52. The van der Waals surface area contributed by atoms with E-state index in [1.54, 1.807) is 0 Å². The molecule has 2 aliphatic rings. The van der Waals surface area contributed by atoms with Gasteiger partial charge >= 0.3 is 0 Å². The molecule has 0 aromatic rings. The van der Waals surface area contributed by atoms with Crippen molar-refractivity contribution in [1.29, 1.82) is 0 Å². The van der Waals surface area contributed by atoms with E-state index in [2.05, 4.69) is 34.5 Å². The first-order valence-corrected chi connectivity index (χ1v) is 4.13. The van der Waals surface area contributed by atoms with Crippen LogP contribution in [-0.2, 0) is 9.59 Å². The van der Waals surface area contributed by atoms with Gasteiger partial charge in [0, 0.05) is 0 Å².